The molecule has 0 saturated heterocycles. The Kier molecular flexibility index (Phi) is 8.43. The minimum Gasteiger partial charge on any atom is -0.356 e. The largest absolute Gasteiger partial charge is 0.356 e. The fourth-order valence-electron chi connectivity index (χ4n) is 2.85. The summed E-state index contributed by atoms with van der Waals surface area (Å²) in [5, 5.41) is 7.92. The minimum absolute atomic E-state index is 0. The molecule has 0 bridgehead atoms. The van der Waals surface area contributed by atoms with Gasteiger partial charge in [-0.25, -0.2) is 9.07 Å². The molecule has 1 aromatic heterocycles. The van der Waals surface area contributed by atoms with E-state index in [-0.39, 0.29) is 29.8 Å². The van der Waals surface area contributed by atoms with Crippen LogP contribution in [0.5, 0.6) is 0 Å². The first-order valence-corrected chi connectivity index (χ1v) is 8.92. The molecule has 0 saturated carbocycles. The van der Waals surface area contributed by atoms with Crippen molar-refractivity contribution < 1.29 is 4.39 Å². The average molecular weight is 493 g/mol. The van der Waals surface area contributed by atoms with Crippen molar-refractivity contribution >= 4 is 29.9 Å². The van der Waals surface area contributed by atoms with Gasteiger partial charge in [0.25, 0.3) is 0 Å². The van der Waals surface area contributed by atoms with E-state index in [1.165, 1.54) is 17.7 Å². The van der Waals surface area contributed by atoms with Crippen LogP contribution in [0.1, 0.15) is 11.3 Å². The number of halogens is 2. The van der Waals surface area contributed by atoms with Gasteiger partial charge in [-0.2, -0.15) is 5.10 Å². The van der Waals surface area contributed by atoms with Crippen molar-refractivity contribution in [3.63, 3.8) is 0 Å². The van der Waals surface area contributed by atoms with Gasteiger partial charge in [-0.3, -0.25) is 4.99 Å². The first-order valence-electron chi connectivity index (χ1n) is 8.92. The molecule has 1 heterocycles. The molecule has 0 amide bonds. The SMILES string of the molecule is CN=C(NCCc1ccn(-c2ccc(F)cc2)n1)N(C)Cc1ccccc1.I. The molecule has 0 aliphatic rings. The Labute approximate surface area is 182 Å². The summed E-state index contributed by atoms with van der Waals surface area (Å²) < 4.78 is 14.8. The number of hydrogen-bond acceptors (Lipinski definition) is 2. The highest BCUT2D eigenvalue weighted by Crippen LogP contribution is 2.09. The molecule has 0 radical (unpaired) electrons. The first kappa shape index (κ1) is 21.9. The van der Waals surface area contributed by atoms with Crippen LogP contribution in [0.3, 0.4) is 0 Å². The summed E-state index contributed by atoms with van der Waals surface area (Å²) in [7, 11) is 3.80. The van der Waals surface area contributed by atoms with Crippen LogP contribution in [0.25, 0.3) is 5.69 Å². The molecule has 3 rings (SSSR count). The predicted octanol–water partition coefficient (Wildman–Crippen LogP) is 3.88. The molecule has 0 aliphatic heterocycles. The summed E-state index contributed by atoms with van der Waals surface area (Å²) in [6.07, 6.45) is 2.66. The average Bonchev–Trinajstić information content (AvgIpc) is 3.15. The fraction of sp³-hybridized carbons (Fsp3) is 0.238. The quantitative estimate of drug-likeness (QED) is 0.322. The standard InChI is InChI=1S/C21H24FN5.HI/c1-23-21(26(2)16-17-6-4-3-5-7-17)24-14-12-19-13-15-27(25-19)20-10-8-18(22)9-11-20;/h3-11,13,15H,12,14,16H2,1-2H3,(H,23,24);1H. The zero-order chi connectivity index (χ0) is 19.1. The summed E-state index contributed by atoms with van der Waals surface area (Å²) in [5.74, 6) is 0.596. The monoisotopic (exact) mass is 493 g/mol. The van der Waals surface area contributed by atoms with Crippen molar-refractivity contribution in [2.24, 2.45) is 4.99 Å². The summed E-state index contributed by atoms with van der Waals surface area (Å²) in [6, 6.07) is 18.6. The zero-order valence-corrected chi connectivity index (χ0v) is 18.4. The van der Waals surface area contributed by atoms with Crippen LogP contribution >= 0.6 is 24.0 Å². The molecule has 148 valence electrons. The van der Waals surface area contributed by atoms with Gasteiger partial charge in [0.15, 0.2) is 5.96 Å². The molecule has 0 spiro atoms. The molecule has 2 aromatic carbocycles. The molecule has 5 nitrogen and oxygen atoms in total. The van der Waals surface area contributed by atoms with Crippen LogP contribution in [0.2, 0.25) is 0 Å². The van der Waals surface area contributed by atoms with Gasteiger partial charge in [-0.05, 0) is 35.9 Å². The molecule has 0 aliphatic carbocycles. The maximum Gasteiger partial charge on any atom is 0.193 e. The number of nitrogens with zero attached hydrogens (tertiary/aromatic N) is 4. The number of benzene rings is 2. The Morgan fingerprint density at radius 3 is 2.50 bits per heavy atom. The van der Waals surface area contributed by atoms with Crippen molar-refractivity contribution in [1.82, 2.24) is 20.0 Å². The zero-order valence-electron chi connectivity index (χ0n) is 16.0. The van der Waals surface area contributed by atoms with Gasteiger partial charge in [-0.15, -0.1) is 24.0 Å². The molecule has 3 aromatic rings. The maximum absolute atomic E-state index is 13.0. The maximum atomic E-state index is 13.0. The van der Waals surface area contributed by atoms with Gasteiger partial charge in [0.05, 0.1) is 11.4 Å². The Morgan fingerprint density at radius 2 is 1.82 bits per heavy atom. The van der Waals surface area contributed by atoms with Gasteiger partial charge >= 0.3 is 0 Å². The van der Waals surface area contributed by atoms with E-state index in [1.807, 2.05) is 37.5 Å². The van der Waals surface area contributed by atoms with Crippen molar-refractivity contribution in [3.8, 4) is 5.69 Å². The lowest BCUT2D eigenvalue weighted by Gasteiger charge is -2.22. The Bertz CT molecular complexity index is 877. The second-order valence-corrected chi connectivity index (χ2v) is 6.29. The lowest BCUT2D eigenvalue weighted by atomic mass is 10.2. The highest BCUT2D eigenvalue weighted by atomic mass is 127. The number of nitrogens with one attached hydrogen (secondary N) is 1. The smallest absolute Gasteiger partial charge is 0.193 e. The van der Waals surface area contributed by atoms with E-state index >= 15 is 0 Å². The first-order chi connectivity index (χ1) is 13.2. The number of aliphatic imine (C=N–C) groups is 1. The molecule has 0 atom stereocenters. The van der Waals surface area contributed by atoms with E-state index in [0.29, 0.717) is 0 Å². The van der Waals surface area contributed by atoms with Gasteiger partial charge in [0.2, 0.25) is 0 Å². The van der Waals surface area contributed by atoms with E-state index in [1.54, 1.807) is 23.9 Å². The summed E-state index contributed by atoms with van der Waals surface area (Å²) in [4.78, 5) is 6.44. The number of hydrogen-bond donors (Lipinski definition) is 1. The van der Waals surface area contributed by atoms with E-state index in [0.717, 1.165) is 36.9 Å². The topological polar surface area (TPSA) is 45.5 Å². The van der Waals surface area contributed by atoms with Crippen LogP contribution in [0.4, 0.5) is 4.39 Å². The predicted molar refractivity (Wildman–Crippen MR) is 122 cm³/mol. The fourth-order valence-corrected chi connectivity index (χ4v) is 2.85. The number of guanidine groups is 1. The van der Waals surface area contributed by atoms with Crippen LogP contribution < -0.4 is 5.32 Å². The van der Waals surface area contributed by atoms with Crippen molar-refractivity contribution in [2.45, 2.75) is 13.0 Å². The summed E-state index contributed by atoms with van der Waals surface area (Å²) >= 11 is 0. The molecular formula is C21H25FIN5. The van der Waals surface area contributed by atoms with Gasteiger partial charge in [-0.1, -0.05) is 30.3 Å². The second-order valence-electron chi connectivity index (χ2n) is 6.29. The van der Waals surface area contributed by atoms with Gasteiger partial charge in [0.1, 0.15) is 5.82 Å². The third kappa shape index (κ3) is 6.05. The molecule has 7 heteroatoms. The molecular weight excluding hydrogens is 468 g/mol. The number of aromatic nitrogens is 2. The van der Waals surface area contributed by atoms with Gasteiger partial charge in [0, 0.05) is 39.8 Å². The summed E-state index contributed by atoms with van der Waals surface area (Å²) in [6.45, 7) is 1.52. The molecule has 0 fully saturated rings. The van der Waals surface area contributed by atoms with E-state index in [2.05, 4.69) is 32.4 Å². The van der Waals surface area contributed by atoms with Crippen molar-refractivity contribution in [1.29, 1.82) is 0 Å². The third-order valence-electron chi connectivity index (χ3n) is 4.24. The number of rotatable bonds is 6. The van der Waals surface area contributed by atoms with E-state index < -0.39 is 0 Å². The summed E-state index contributed by atoms with van der Waals surface area (Å²) in [5.41, 5.74) is 3.04. The van der Waals surface area contributed by atoms with Crippen molar-refractivity contribution in [2.75, 3.05) is 20.6 Å². The molecule has 0 unspecified atom stereocenters. The molecule has 28 heavy (non-hydrogen) atoms. The normalized spacial score (nSPS) is 11.0. The van der Waals surface area contributed by atoms with E-state index in [4.69, 9.17) is 0 Å². The Balaban J connectivity index is 0.00000280. The van der Waals surface area contributed by atoms with Crippen molar-refractivity contribution in [3.05, 3.63) is 83.9 Å². The second kappa shape index (κ2) is 10.8. The minimum atomic E-state index is -0.249. The highest BCUT2D eigenvalue weighted by molar-refractivity contribution is 14.0. The Morgan fingerprint density at radius 1 is 1.11 bits per heavy atom. The lowest BCUT2D eigenvalue weighted by Crippen LogP contribution is -2.39. The van der Waals surface area contributed by atoms with E-state index in [9.17, 15) is 4.39 Å². The van der Waals surface area contributed by atoms with Gasteiger partial charge < -0.3 is 10.2 Å². The molecule has 1 N–H and O–H groups in total. The van der Waals surface area contributed by atoms with Crippen LogP contribution in [0.15, 0.2) is 71.9 Å². The van der Waals surface area contributed by atoms with Crippen LogP contribution in [-0.2, 0) is 13.0 Å². The third-order valence-corrected chi connectivity index (χ3v) is 4.24. The lowest BCUT2D eigenvalue weighted by molar-refractivity contribution is 0.477. The highest BCUT2D eigenvalue weighted by Gasteiger charge is 2.07. The Hall–Kier alpha value is -2.42. The van der Waals surface area contributed by atoms with Crippen LogP contribution in [0, 0.1) is 5.82 Å². The van der Waals surface area contributed by atoms with Crippen LogP contribution in [-0.4, -0.2) is 41.3 Å².